The molecule has 15 heavy (non-hydrogen) atoms. The van der Waals surface area contributed by atoms with E-state index in [9.17, 15) is 4.79 Å². The van der Waals surface area contributed by atoms with Crippen molar-refractivity contribution >= 4 is 37.8 Å². The Morgan fingerprint density at radius 3 is 2.67 bits per heavy atom. The van der Waals surface area contributed by atoms with Crippen molar-refractivity contribution in [2.75, 3.05) is 7.11 Å². The molecule has 0 aromatic carbocycles. The Bertz CT molecular complexity index is 378. The van der Waals surface area contributed by atoms with Crippen molar-refractivity contribution in [1.82, 2.24) is 9.55 Å². The lowest BCUT2D eigenvalue weighted by atomic mass is 10.3. The van der Waals surface area contributed by atoms with E-state index in [1.807, 2.05) is 6.92 Å². The van der Waals surface area contributed by atoms with Crippen molar-refractivity contribution in [3.05, 3.63) is 15.0 Å². The highest BCUT2D eigenvalue weighted by Gasteiger charge is 2.18. The zero-order valence-electron chi connectivity index (χ0n) is 8.33. The Hall–Kier alpha value is -0.400. The molecule has 1 heterocycles. The van der Waals surface area contributed by atoms with Crippen LogP contribution in [0.2, 0.25) is 0 Å². The third-order valence-electron chi connectivity index (χ3n) is 1.94. The van der Waals surface area contributed by atoms with Gasteiger partial charge in [-0.2, -0.15) is 0 Å². The van der Waals surface area contributed by atoms with Gasteiger partial charge >= 0.3 is 5.97 Å². The number of hydrogen-bond donors (Lipinski definition) is 1. The number of methoxy groups -OCH3 is 1. The number of imidazole rings is 1. The summed E-state index contributed by atoms with van der Waals surface area (Å²) in [6.07, 6.45) is 0. The fourth-order valence-corrected chi connectivity index (χ4v) is 2.10. The lowest BCUT2D eigenvalue weighted by molar-refractivity contribution is -0.142. The lowest BCUT2D eigenvalue weighted by Gasteiger charge is -2.12. The van der Waals surface area contributed by atoms with Crippen molar-refractivity contribution in [1.29, 1.82) is 0 Å². The standard InChI is InChI=1S/C8H11Br2N3O2/c1-4-12-6(9)7(10)13(4)3-5(11)8(14)15-2/h5H,3,11H2,1-2H3. The van der Waals surface area contributed by atoms with Gasteiger partial charge in [0.25, 0.3) is 0 Å². The van der Waals surface area contributed by atoms with E-state index >= 15 is 0 Å². The van der Waals surface area contributed by atoms with Crippen LogP contribution in [0, 0.1) is 6.92 Å². The Labute approximate surface area is 104 Å². The molecule has 0 saturated heterocycles. The number of esters is 1. The van der Waals surface area contributed by atoms with Gasteiger partial charge in [-0.15, -0.1) is 0 Å². The fourth-order valence-electron chi connectivity index (χ4n) is 1.14. The number of ether oxygens (including phenoxy) is 1. The van der Waals surface area contributed by atoms with Gasteiger partial charge < -0.3 is 15.0 Å². The predicted octanol–water partition coefficient (Wildman–Crippen LogP) is 1.22. The Morgan fingerprint density at radius 2 is 2.27 bits per heavy atom. The van der Waals surface area contributed by atoms with Crippen LogP contribution in [0.1, 0.15) is 5.82 Å². The first-order valence-corrected chi connectivity index (χ1v) is 5.77. The molecule has 0 aliphatic rings. The predicted molar refractivity (Wildman–Crippen MR) is 62.4 cm³/mol. The highest BCUT2D eigenvalue weighted by molar-refractivity contribution is 9.13. The van der Waals surface area contributed by atoms with Crippen LogP contribution >= 0.6 is 31.9 Å². The van der Waals surface area contributed by atoms with Crippen LogP contribution in [0.15, 0.2) is 9.21 Å². The number of aromatic nitrogens is 2. The van der Waals surface area contributed by atoms with Crippen LogP contribution in [0.25, 0.3) is 0 Å². The maximum absolute atomic E-state index is 11.1. The molecule has 1 aromatic heterocycles. The summed E-state index contributed by atoms with van der Waals surface area (Å²) >= 11 is 6.62. The number of carbonyl (C=O) groups excluding carboxylic acids is 1. The number of nitrogens with two attached hydrogens (primary N) is 1. The SMILES string of the molecule is COC(=O)C(N)Cn1c(C)nc(Br)c1Br. The van der Waals surface area contributed by atoms with Crippen LogP contribution < -0.4 is 5.73 Å². The molecule has 0 fully saturated rings. The second-order valence-corrected chi connectivity index (χ2v) is 4.48. The van der Waals surface area contributed by atoms with E-state index in [-0.39, 0.29) is 0 Å². The number of carbonyl (C=O) groups is 1. The largest absolute Gasteiger partial charge is 0.468 e. The fraction of sp³-hybridized carbons (Fsp3) is 0.500. The number of nitrogens with zero attached hydrogens (tertiary/aromatic N) is 2. The summed E-state index contributed by atoms with van der Waals surface area (Å²) in [5, 5.41) is 0. The molecular weight excluding hydrogens is 330 g/mol. The number of hydrogen-bond acceptors (Lipinski definition) is 4. The van der Waals surface area contributed by atoms with Gasteiger partial charge in [0, 0.05) is 0 Å². The summed E-state index contributed by atoms with van der Waals surface area (Å²) in [5.74, 6) is 0.333. The summed E-state index contributed by atoms with van der Waals surface area (Å²) in [4.78, 5) is 15.3. The topological polar surface area (TPSA) is 70.1 Å². The summed E-state index contributed by atoms with van der Waals surface area (Å²) in [5.41, 5.74) is 5.65. The third-order valence-corrected chi connectivity index (χ3v) is 3.83. The van der Waals surface area contributed by atoms with E-state index < -0.39 is 12.0 Å². The van der Waals surface area contributed by atoms with Gasteiger partial charge in [0.15, 0.2) is 0 Å². The minimum atomic E-state index is -0.689. The average Bonchev–Trinajstić information content (AvgIpc) is 2.43. The molecule has 0 saturated carbocycles. The highest BCUT2D eigenvalue weighted by atomic mass is 79.9. The van der Waals surface area contributed by atoms with E-state index in [0.717, 1.165) is 10.4 Å². The molecule has 2 N–H and O–H groups in total. The first-order chi connectivity index (χ1) is 6.97. The van der Waals surface area contributed by atoms with E-state index in [4.69, 9.17) is 5.73 Å². The van der Waals surface area contributed by atoms with Crippen molar-refractivity contribution < 1.29 is 9.53 Å². The maximum atomic E-state index is 11.1. The lowest BCUT2D eigenvalue weighted by Crippen LogP contribution is -2.36. The molecular formula is C8H11Br2N3O2. The molecule has 0 aliphatic heterocycles. The molecule has 1 unspecified atom stereocenters. The molecule has 1 rings (SSSR count). The molecule has 1 atom stereocenters. The molecule has 0 radical (unpaired) electrons. The van der Waals surface area contributed by atoms with Gasteiger partial charge in [0.1, 0.15) is 21.1 Å². The maximum Gasteiger partial charge on any atom is 0.324 e. The second kappa shape index (κ2) is 5.09. The average molecular weight is 341 g/mol. The van der Waals surface area contributed by atoms with Crippen molar-refractivity contribution in [3.63, 3.8) is 0 Å². The Balaban J connectivity index is 2.85. The van der Waals surface area contributed by atoms with Crippen LogP contribution in [0.3, 0.4) is 0 Å². The number of halogens is 2. The van der Waals surface area contributed by atoms with E-state index in [1.54, 1.807) is 4.57 Å². The number of rotatable bonds is 3. The van der Waals surface area contributed by atoms with Gasteiger partial charge in [-0.1, -0.05) is 0 Å². The first kappa shape index (κ1) is 12.7. The van der Waals surface area contributed by atoms with Crippen LogP contribution in [0.4, 0.5) is 0 Å². The van der Waals surface area contributed by atoms with Gasteiger partial charge in [-0.25, -0.2) is 4.98 Å². The Kier molecular flexibility index (Phi) is 4.30. The van der Waals surface area contributed by atoms with Crippen molar-refractivity contribution in [2.24, 2.45) is 5.73 Å². The first-order valence-electron chi connectivity index (χ1n) is 4.19. The van der Waals surface area contributed by atoms with Gasteiger partial charge in [-0.3, -0.25) is 4.79 Å². The third kappa shape index (κ3) is 2.79. The highest BCUT2D eigenvalue weighted by Crippen LogP contribution is 2.23. The molecule has 84 valence electrons. The molecule has 7 heteroatoms. The molecule has 0 amide bonds. The van der Waals surface area contributed by atoms with Crippen LogP contribution in [-0.2, 0) is 16.1 Å². The van der Waals surface area contributed by atoms with Crippen LogP contribution in [0.5, 0.6) is 0 Å². The molecule has 0 bridgehead atoms. The summed E-state index contributed by atoms with van der Waals surface area (Å²) in [6, 6.07) is -0.689. The minimum Gasteiger partial charge on any atom is -0.468 e. The van der Waals surface area contributed by atoms with Gasteiger partial charge in [0.2, 0.25) is 0 Å². The normalized spacial score (nSPS) is 12.6. The quantitative estimate of drug-likeness (QED) is 0.840. The smallest absolute Gasteiger partial charge is 0.324 e. The summed E-state index contributed by atoms with van der Waals surface area (Å²) in [7, 11) is 1.31. The van der Waals surface area contributed by atoms with Crippen LogP contribution in [-0.4, -0.2) is 28.7 Å². The van der Waals surface area contributed by atoms with E-state index in [1.165, 1.54) is 7.11 Å². The van der Waals surface area contributed by atoms with E-state index in [0.29, 0.717) is 11.1 Å². The van der Waals surface area contributed by atoms with Crippen molar-refractivity contribution in [2.45, 2.75) is 19.5 Å². The van der Waals surface area contributed by atoms with Gasteiger partial charge in [-0.05, 0) is 38.8 Å². The summed E-state index contributed by atoms with van der Waals surface area (Å²) in [6.45, 7) is 2.16. The second-order valence-electron chi connectivity index (χ2n) is 2.98. The Morgan fingerprint density at radius 1 is 1.67 bits per heavy atom. The van der Waals surface area contributed by atoms with Gasteiger partial charge in [0.05, 0.1) is 13.7 Å². The summed E-state index contributed by atoms with van der Waals surface area (Å²) < 4.78 is 7.80. The van der Waals surface area contributed by atoms with E-state index in [2.05, 4.69) is 41.6 Å². The monoisotopic (exact) mass is 339 g/mol. The minimum absolute atomic E-state index is 0.331. The molecule has 5 nitrogen and oxygen atoms in total. The van der Waals surface area contributed by atoms with Crippen molar-refractivity contribution in [3.8, 4) is 0 Å². The zero-order valence-corrected chi connectivity index (χ0v) is 11.5. The number of aryl methyl sites for hydroxylation is 1. The molecule has 0 spiro atoms. The molecule has 0 aliphatic carbocycles. The molecule has 1 aromatic rings. The zero-order chi connectivity index (χ0) is 11.6.